The molecule has 7 heteroatoms. The van der Waals surface area contributed by atoms with Crippen molar-refractivity contribution >= 4 is 11.7 Å². The molecule has 1 unspecified atom stereocenters. The minimum absolute atomic E-state index is 0.00630. The number of rotatable bonds is 4. The predicted molar refractivity (Wildman–Crippen MR) is 100.0 cm³/mol. The molecule has 138 valence electrons. The van der Waals surface area contributed by atoms with Crippen molar-refractivity contribution in [2.24, 2.45) is 0 Å². The van der Waals surface area contributed by atoms with Crippen LogP contribution in [0.4, 0.5) is 10.5 Å². The summed E-state index contributed by atoms with van der Waals surface area (Å²) in [5.41, 5.74) is 1.91. The van der Waals surface area contributed by atoms with Gasteiger partial charge in [0.05, 0.1) is 6.54 Å². The van der Waals surface area contributed by atoms with Crippen molar-refractivity contribution in [3.8, 4) is 0 Å². The maximum atomic E-state index is 12.7. The maximum absolute atomic E-state index is 12.7. The second kappa shape index (κ2) is 7.86. The number of urea groups is 1. The molecular weight excluding hydrogens is 328 g/mol. The molecule has 7 nitrogen and oxygen atoms in total. The molecule has 2 aliphatic heterocycles. The van der Waals surface area contributed by atoms with Crippen molar-refractivity contribution in [3.63, 3.8) is 0 Å². The topological polar surface area (TPSA) is 66.3 Å². The number of piperidine rings is 1. The van der Waals surface area contributed by atoms with Gasteiger partial charge in [-0.2, -0.15) is 5.10 Å². The Kier molecular flexibility index (Phi) is 5.15. The zero-order chi connectivity index (χ0) is 17.8. The van der Waals surface area contributed by atoms with Crippen molar-refractivity contribution < 1.29 is 4.79 Å². The SMILES string of the molecule is O=C(Nc1cccc(Cn2cncn2)c1)N1CCCC(N2CCCC2)C1. The van der Waals surface area contributed by atoms with Gasteiger partial charge in [0.1, 0.15) is 12.7 Å². The van der Waals surface area contributed by atoms with Gasteiger partial charge in [0, 0.05) is 24.8 Å². The highest BCUT2D eigenvalue weighted by Gasteiger charge is 2.29. The molecule has 2 fully saturated rings. The molecule has 3 heterocycles. The summed E-state index contributed by atoms with van der Waals surface area (Å²) in [5, 5.41) is 7.19. The number of carbonyl (C=O) groups excluding carboxylic acids is 1. The van der Waals surface area contributed by atoms with Gasteiger partial charge in [-0.05, 0) is 56.5 Å². The highest BCUT2D eigenvalue weighted by molar-refractivity contribution is 5.89. The normalized spacial score (nSPS) is 21.1. The lowest BCUT2D eigenvalue weighted by atomic mass is 10.0. The first-order valence-electron chi connectivity index (χ1n) is 9.49. The average molecular weight is 354 g/mol. The van der Waals surface area contributed by atoms with Gasteiger partial charge >= 0.3 is 6.03 Å². The Morgan fingerprint density at radius 2 is 2.08 bits per heavy atom. The number of aromatic nitrogens is 3. The number of amides is 2. The van der Waals surface area contributed by atoms with Crippen LogP contribution in [-0.2, 0) is 6.54 Å². The zero-order valence-electron chi connectivity index (χ0n) is 15.0. The molecule has 4 rings (SSSR count). The highest BCUT2D eigenvalue weighted by Crippen LogP contribution is 2.21. The second-order valence-corrected chi connectivity index (χ2v) is 7.21. The summed E-state index contributed by atoms with van der Waals surface area (Å²) in [5.74, 6) is 0. The predicted octanol–water partition coefficient (Wildman–Crippen LogP) is 2.42. The van der Waals surface area contributed by atoms with Crippen LogP contribution < -0.4 is 5.32 Å². The van der Waals surface area contributed by atoms with Gasteiger partial charge in [-0.25, -0.2) is 14.5 Å². The first kappa shape index (κ1) is 17.0. The Bertz CT molecular complexity index is 725. The summed E-state index contributed by atoms with van der Waals surface area (Å²) in [6, 6.07) is 8.46. The van der Waals surface area contributed by atoms with Gasteiger partial charge < -0.3 is 10.2 Å². The molecule has 0 bridgehead atoms. The molecule has 0 radical (unpaired) electrons. The highest BCUT2D eigenvalue weighted by atomic mass is 16.2. The van der Waals surface area contributed by atoms with E-state index in [1.165, 1.54) is 38.7 Å². The molecule has 2 saturated heterocycles. The van der Waals surface area contributed by atoms with E-state index in [0.717, 1.165) is 30.8 Å². The van der Waals surface area contributed by atoms with Crippen molar-refractivity contribution in [2.75, 3.05) is 31.5 Å². The average Bonchev–Trinajstić information content (AvgIpc) is 3.36. The van der Waals surface area contributed by atoms with Crippen LogP contribution in [0.5, 0.6) is 0 Å². The lowest BCUT2D eigenvalue weighted by Gasteiger charge is -2.37. The van der Waals surface area contributed by atoms with Gasteiger partial charge in [0.2, 0.25) is 0 Å². The van der Waals surface area contributed by atoms with E-state index in [1.54, 1.807) is 11.0 Å². The minimum Gasteiger partial charge on any atom is -0.323 e. The van der Waals surface area contributed by atoms with Crippen LogP contribution in [0, 0.1) is 0 Å². The monoisotopic (exact) mass is 354 g/mol. The Hall–Kier alpha value is -2.41. The van der Waals surface area contributed by atoms with E-state index in [1.807, 2.05) is 29.2 Å². The fourth-order valence-electron chi connectivity index (χ4n) is 4.00. The molecule has 0 spiro atoms. The van der Waals surface area contributed by atoms with E-state index in [0.29, 0.717) is 12.6 Å². The molecule has 2 aromatic rings. The summed E-state index contributed by atoms with van der Waals surface area (Å²) >= 11 is 0. The Balaban J connectivity index is 1.36. The molecule has 1 aromatic heterocycles. The maximum Gasteiger partial charge on any atom is 0.321 e. The fraction of sp³-hybridized carbons (Fsp3) is 0.526. The van der Waals surface area contributed by atoms with Crippen LogP contribution in [0.2, 0.25) is 0 Å². The summed E-state index contributed by atoms with van der Waals surface area (Å²) < 4.78 is 1.77. The van der Waals surface area contributed by atoms with Crippen LogP contribution in [-0.4, -0.2) is 62.8 Å². The number of nitrogens with one attached hydrogen (secondary N) is 1. The Labute approximate surface area is 154 Å². The number of hydrogen-bond acceptors (Lipinski definition) is 4. The van der Waals surface area contributed by atoms with Gasteiger partial charge in [-0.1, -0.05) is 12.1 Å². The number of hydrogen-bond donors (Lipinski definition) is 1. The number of benzene rings is 1. The van der Waals surface area contributed by atoms with Gasteiger partial charge in [0.15, 0.2) is 0 Å². The minimum atomic E-state index is 0.00630. The molecule has 2 aliphatic rings. The number of nitrogens with zero attached hydrogens (tertiary/aromatic N) is 5. The van der Waals surface area contributed by atoms with E-state index >= 15 is 0 Å². The quantitative estimate of drug-likeness (QED) is 0.916. The van der Waals surface area contributed by atoms with E-state index in [-0.39, 0.29) is 6.03 Å². The number of anilines is 1. The van der Waals surface area contributed by atoms with E-state index in [4.69, 9.17) is 0 Å². The first-order chi connectivity index (χ1) is 12.8. The van der Waals surface area contributed by atoms with E-state index in [2.05, 4.69) is 20.3 Å². The molecule has 1 N–H and O–H groups in total. The molecule has 1 aromatic carbocycles. The zero-order valence-corrected chi connectivity index (χ0v) is 15.0. The van der Waals surface area contributed by atoms with Crippen molar-refractivity contribution in [3.05, 3.63) is 42.5 Å². The van der Waals surface area contributed by atoms with Crippen LogP contribution in [0.25, 0.3) is 0 Å². The van der Waals surface area contributed by atoms with Crippen molar-refractivity contribution in [1.29, 1.82) is 0 Å². The number of carbonyl (C=O) groups is 1. The molecule has 0 saturated carbocycles. The third-order valence-electron chi connectivity index (χ3n) is 5.33. The first-order valence-corrected chi connectivity index (χ1v) is 9.49. The molecule has 1 atom stereocenters. The van der Waals surface area contributed by atoms with Crippen molar-refractivity contribution in [1.82, 2.24) is 24.6 Å². The summed E-state index contributed by atoms with van der Waals surface area (Å²) in [7, 11) is 0. The van der Waals surface area contributed by atoms with Crippen molar-refractivity contribution in [2.45, 2.75) is 38.3 Å². The summed E-state index contributed by atoms with van der Waals surface area (Å²) in [4.78, 5) is 21.2. The molecule has 2 amide bonds. The van der Waals surface area contributed by atoms with Gasteiger partial charge in [-0.15, -0.1) is 0 Å². The van der Waals surface area contributed by atoms with E-state index in [9.17, 15) is 4.79 Å². The summed E-state index contributed by atoms with van der Waals surface area (Å²) in [6.45, 7) is 4.69. The third-order valence-corrected chi connectivity index (χ3v) is 5.33. The van der Waals surface area contributed by atoms with Gasteiger partial charge in [-0.3, -0.25) is 4.90 Å². The Morgan fingerprint density at radius 3 is 2.88 bits per heavy atom. The summed E-state index contributed by atoms with van der Waals surface area (Å²) in [6.07, 6.45) is 8.09. The standard InChI is InChI=1S/C19H26N6O/c26-19(24-10-4-7-18(13-24)23-8-1-2-9-23)22-17-6-3-5-16(11-17)12-25-15-20-14-21-25/h3,5-6,11,14-15,18H,1-2,4,7-10,12-13H2,(H,22,26). The Morgan fingerprint density at radius 1 is 1.19 bits per heavy atom. The molecule has 0 aliphatic carbocycles. The van der Waals surface area contributed by atoms with Gasteiger partial charge in [0.25, 0.3) is 0 Å². The lowest BCUT2D eigenvalue weighted by molar-refractivity contribution is 0.132. The largest absolute Gasteiger partial charge is 0.323 e. The molecular formula is C19H26N6O. The molecule has 26 heavy (non-hydrogen) atoms. The smallest absolute Gasteiger partial charge is 0.321 e. The van der Waals surface area contributed by atoms with Crippen LogP contribution in [0.15, 0.2) is 36.9 Å². The van der Waals surface area contributed by atoms with Crippen LogP contribution >= 0.6 is 0 Å². The van der Waals surface area contributed by atoms with Crippen LogP contribution in [0.3, 0.4) is 0 Å². The third kappa shape index (κ3) is 4.04. The lowest BCUT2D eigenvalue weighted by Crippen LogP contribution is -2.50. The van der Waals surface area contributed by atoms with E-state index < -0.39 is 0 Å². The fourth-order valence-corrected chi connectivity index (χ4v) is 4.00. The second-order valence-electron chi connectivity index (χ2n) is 7.21. The number of likely N-dealkylation sites (tertiary alicyclic amines) is 2. The van der Waals surface area contributed by atoms with Crippen LogP contribution in [0.1, 0.15) is 31.2 Å².